The molecule has 0 aliphatic carbocycles. The van der Waals surface area contributed by atoms with E-state index >= 15 is 0 Å². The molecule has 0 aliphatic rings. The highest BCUT2D eigenvalue weighted by atomic mass is 79.9. The summed E-state index contributed by atoms with van der Waals surface area (Å²) >= 11 is 2.85. The molecule has 0 unspecified atom stereocenters. The molecule has 0 atom stereocenters. The van der Waals surface area contributed by atoms with Crippen LogP contribution in [0.5, 0.6) is 5.75 Å². The first-order valence-electron chi connectivity index (χ1n) is 3.55. The molecule has 0 bridgehead atoms. The number of halogens is 4. The molecule has 0 amide bonds. The highest BCUT2D eigenvalue weighted by molar-refractivity contribution is 9.10. The summed E-state index contributed by atoms with van der Waals surface area (Å²) < 4.78 is 39.1. The fourth-order valence-corrected chi connectivity index (χ4v) is 1.35. The molecular weight excluding hydrogens is 281 g/mol. The predicted octanol–water partition coefficient (Wildman–Crippen LogP) is 1.71. The zero-order valence-electron chi connectivity index (χ0n) is 6.97. The second-order valence-electron chi connectivity index (χ2n) is 2.51. The van der Waals surface area contributed by atoms with Crippen LogP contribution in [0.1, 0.15) is 10.4 Å². The number of alkyl halides is 3. The number of rotatable bonds is 2. The van der Waals surface area contributed by atoms with Crippen LogP contribution in [0.15, 0.2) is 22.7 Å². The fraction of sp³-hybridized carbons (Fsp3) is 0.125. The maximum Gasteiger partial charge on any atom is 0.573 e. The summed E-state index contributed by atoms with van der Waals surface area (Å²) in [4.78, 5) is 10.4. The van der Waals surface area contributed by atoms with Crippen molar-refractivity contribution in [3.63, 3.8) is 0 Å². The summed E-state index contributed by atoms with van der Waals surface area (Å²) in [5, 5.41) is 10.4. The Morgan fingerprint density at radius 1 is 1.33 bits per heavy atom. The van der Waals surface area contributed by atoms with E-state index in [1.807, 2.05) is 0 Å². The minimum atomic E-state index is -4.86. The van der Waals surface area contributed by atoms with E-state index in [-0.39, 0.29) is 4.47 Å². The van der Waals surface area contributed by atoms with E-state index in [9.17, 15) is 23.1 Å². The Kier molecular flexibility index (Phi) is 3.23. The average molecular weight is 284 g/mol. The van der Waals surface area contributed by atoms with Gasteiger partial charge in [-0.05, 0) is 18.2 Å². The third-order valence-corrected chi connectivity index (χ3v) is 1.80. The van der Waals surface area contributed by atoms with Crippen molar-refractivity contribution in [3.8, 4) is 5.75 Å². The van der Waals surface area contributed by atoms with Crippen molar-refractivity contribution in [2.75, 3.05) is 0 Å². The Hall–Kier alpha value is -1.24. The van der Waals surface area contributed by atoms with Gasteiger partial charge < -0.3 is 14.6 Å². The molecule has 1 rings (SSSR count). The van der Waals surface area contributed by atoms with Gasteiger partial charge in [0.2, 0.25) is 0 Å². The summed E-state index contributed by atoms with van der Waals surface area (Å²) in [6.07, 6.45) is -4.86. The molecule has 0 saturated heterocycles. The van der Waals surface area contributed by atoms with E-state index in [2.05, 4.69) is 20.7 Å². The van der Waals surface area contributed by atoms with Crippen LogP contribution in [-0.2, 0) is 0 Å². The molecule has 0 spiro atoms. The molecule has 15 heavy (non-hydrogen) atoms. The van der Waals surface area contributed by atoms with E-state index in [0.717, 1.165) is 18.2 Å². The van der Waals surface area contributed by atoms with Gasteiger partial charge >= 0.3 is 6.36 Å². The number of carbonyl (C=O) groups excluding carboxylic acids is 1. The number of carboxylic acid groups (broad SMARTS) is 1. The number of carbonyl (C=O) groups is 1. The third kappa shape index (κ3) is 3.78. The Morgan fingerprint density at radius 2 is 1.93 bits per heavy atom. The summed E-state index contributed by atoms with van der Waals surface area (Å²) in [6, 6.07) is 2.84. The van der Waals surface area contributed by atoms with Crippen LogP contribution in [0, 0.1) is 0 Å². The molecule has 1 aromatic rings. The second kappa shape index (κ2) is 4.09. The number of hydrogen-bond acceptors (Lipinski definition) is 3. The van der Waals surface area contributed by atoms with Crippen molar-refractivity contribution in [1.82, 2.24) is 0 Å². The minimum absolute atomic E-state index is 0.156. The lowest BCUT2D eigenvalue weighted by Gasteiger charge is -2.11. The molecule has 82 valence electrons. The Balaban J connectivity index is 3.04. The standard InChI is InChI=1S/C8H4BrF3O3/c9-5-1-4(7(13)14)2-6(3-5)15-8(10,11)12/h1-3H,(H,13,14)/p-1. The molecule has 0 fully saturated rings. The van der Waals surface area contributed by atoms with Gasteiger partial charge in [0, 0.05) is 10.0 Å². The van der Waals surface area contributed by atoms with Crippen LogP contribution in [-0.4, -0.2) is 12.3 Å². The van der Waals surface area contributed by atoms with Crippen molar-refractivity contribution >= 4 is 21.9 Å². The number of aromatic carboxylic acids is 1. The number of ether oxygens (including phenoxy) is 1. The van der Waals surface area contributed by atoms with Crippen LogP contribution in [0.4, 0.5) is 13.2 Å². The van der Waals surface area contributed by atoms with Gasteiger partial charge in [0.05, 0.1) is 5.97 Å². The fourth-order valence-electron chi connectivity index (χ4n) is 0.873. The quantitative estimate of drug-likeness (QED) is 0.830. The molecule has 0 aromatic heterocycles. The smallest absolute Gasteiger partial charge is 0.545 e. The minimum Gasteiger partial charge on any atom is -0.545 e. The lowest BCUT2D eigenvalue weighted by molar-refractivity contribution is -0.275. The van der Waals surface area contributed by atoms with Gasteiger partial charge in [-0.15, -0.1) is 13.2 Å². The normalized spacial score (nSPS) is 11.2. The largest absolute Gasteiger partial charge is 0.573 e. The van der Waals surface area contributed by atoms with Crippen molar-refractivity contribution in [1.29, 1.82) is 0 Å². The van der Waals surface area contributed by atoms with Gasteiger partial charge in [-0.2, -0.15) is 0 Å². The molecule has 1 aromatic carbocycles. The SMILES string of the molecule is O=C([O-])c1cc(Br)cc(OC(F)(F)F)c1. The van der Waals surface area contributed by atoms with Crippen LogP contribution in [0.3, 0.4) is 0 Å². The Morgan fingerprint density at radius 3 is 2.40 bits per heavy atom. The van der Waals surface area contributed by atoms with Gasteiger partial charge in [0.15, 0.2) is 0 Å². The van der Waals surface area contributed by atoms with Crippen LogP contribution >= 0.6 is 15.9 Å². The molecule has 7 heteroatoms. The molecule has 0 N–H and O–H groups in total. The molecular formula is C8H3BrF3O3-. The van der Waals surface area contributed by atoms with Crippen LogP contribution in [0.2, 0.25) is 0 Å². The molecule has 0 heterocycles. The zero-order valence-corrected chi connectivity index (χ0v) is 8.55. The molecule has 0 aliphatic heterocycles. The summed E-state index contributed by atoms with van der Waals surface area (Å²) in [5.41, 5.74) is -0.399. The summed E-state index contributed by atoms with van der Waals surface area (Å²) in [5.74, 6) is -2.20. The number of hydrogen-bond donors (Lipinski definition) is 0. The maximum absolute atomic E-state index is 11.8. The van der Waals surface area contributed by atoms with Gasteiger partial charge in [-0.3, -0.25) is 0 Å². The highest BCUT2D eigenvalue weighted by Crippen LogP contribution is 2.26. The monoisotopic (exact) mass is 283 g/mol. The lowest BCUT2D eigenvalue weighted by Crippen LogP contribution is -2.23. The van der Waals surface area contributed by atoms with Crippen molar-refractivity contribution in [2.24, 2.45) is 0 Å². The summed E-state index contributed by atoms with van der Waals surface area (Å²) in [7, 11) is 0. The molecule has 3 nitrogen and oxygen atoms in total. The van der Waals surface area contributed by atoms with Crippen molar-refractivity contribution in [3.05, 3.63) is 28.2 Å². The molecule has 0 radical (unpaired) electrons. The van der Waals surface area contributed by atoms with Gasteiger partial charge in [0.25, 0.3) is 0 Å². The first-order chi connectivity index (χ1) is 6.78. The molecule has 0 saturated carbocycles. The first-order valence-corrected chi connectivity index (χ1v) is 4.35. The van der Waals surface area contributed by atoms with Crippen LogP contribution < -0.4 is 9.84 Å². The van der Waals surface area contributed by atoms with E-state index < -0.39 is 23.6 Å². The van der Waals surface area contributed by atoms with Gasteiger partial charge in [0.1, 0.15) is 5.75 Å². The van der Waals surface area contributed by atoms with E-state index in [1.54, 1.807) is 0 Å². The highest BCUT2D eigenvalue weighted by Gasteiger charge is 2.31. The third-order valence-electron chi connectivity index (χ3n) is 1.34. The first kappa shape index (κ1) is 11.8. The van der Waals surface area contributed by atoms with E-state index in [4.69, 9.17) is 0 Å². The van der Waals surface area contributed by atoms with Crippen LogP contribution in [0.25, 0.3) is 0 Å². The second-order valence-corrected chi connectivity index (χ2v) is 3.43. The van der Waals surface area contributed by atoms with E-state index in [1.165, 1.54) is 0 Å². The number of benzene rings is 1. The zero-order chi connectivity index (χ0) is 11.6. The Labute approximate surface area is 90.6 Å². The average Bonchev–Trinajstić information content (AvgIpc) is 1.99. The summed E-state index contributed by atoms with van der Waals surface area (Å²) in [6.45, 7) is 0. The predicted molar refractivity (Wildman–Crippen MR) is 45.2 cm³/mol. The van der Waals surface area contributed by atoms with Gasteiger partial charge in [-0.25, -0.2) is 0 Å². The van der Waals surface area contributed by atoms with E-state index in [0.29, 0.717) is 0 Å². The van der Waals surface area contributed by atoms with Crippen molar-refractivity contribution in [2.45, 2.75) is 6.36 Å². The van der Waals surface area contributed by atoms with Crippen molar-refractivity contribution < 1.29 is 27.8 Å². The lowest BCUT2D eigenvalue weighted by atomic mass is 10.2. The van der Waals surface area contributed by atoms with Gasteiger partial charge in [-0.1, -0.05) is 15.9 Å². The maximum atomic E-state index is 11.8. The topological polar surface area (TPSA) is 49.4 Å². The Bertz CT molecular complexity index is 389. The number of carboxylic acids is 1.